The quantitative estimate of drug-likeness (QED) is 0.0625. The van der Waals surface area contributed by atoms with Crippen LogP contribution in [0.25, 0.3) is 0 Å². The van der Waals surface area contributed by atoms with Gasteiger partial charge < -0.3 is 52.5 Å². The van der Waals surface area contributed by atoms with E-state index in [4.69, 9.17) is 28.2 Å². The maximum atomic E-state index is 13.0. The molecular weight excluding hydrogens is 732 g/mol. The second kappa shape index (κ2) is 22.7. The molecule has 55 heavy (non-hydrogen) atoms. The largest absolute Gasteiger partial charge is 0.465 e. The highest BCUT2D eigenvalue weighted by Crippen LogP contribution is 2.19. The van der Waals surface area contributed by atoms with Crippen molar-refractivity contribution < 1.29 is 39.9 Å². The number of unbranched alkanes of at least 4 members (excludes halogenated alkanes) is 3. The minimum absolute atomic E-state index is 0.0214. The number of carbonyl (C=O) groups excluding carboxylic acids is 2. The summed E-state index contributed by atoms with van der Waals surface area (Å²) >= 11 is 5.96. The van der Waals surface area contributed by atoms with Crippen molar-refractivity contribution >= 4 is 41.1 Å². The number of nitrogens with two attached hydrogens (primary N) is 2. The number of hydrogen-bond donors (Lipinski definition) is 9. The lowest BCUT2D eigenvalue weighted by atomic mass is 9.95. The van der Waals surface area contributed by atoms with Crippen LogP contribution in [0.3, 0.4) is 0 Å². The lowest BCUT2D eigenvalue weighted by Gasteiger charge is -2.29. The van der Waals surface area contributed by atoms with Crippen molar-refractivity contribution in [3.63, 3.8) is 0 Å². The third-order valence-electron chi connectivity index (χ3n) is 9.24. The number of carboxylic acid groups (broad SMARTS) is 1. The van der Waals surface area contributed by atoms with Crippen molar-refractivity contribution in [1.29, 1.82) is 0 Å². The standard InChI is InChI=1S/C38H55ClN8O8/c1-3-4-5-8-16-46(22-29(49)32(51)30(50)23-48)17-15-42-36(52)27-13-11-25(12-14-27)20-47(38(54)55)21-26(18-28-10-7-6-9-24(28)2)19-43-37(53)31-34(40)45-35(41)33(39)44-31/h6-7,9-14,26,29-30,32,48-51H,3-5,8,15-23H2,1-2H3,(H,42,52)(H,43,53)(H,54,55)(H4,40,41,45)/t26-,29-,30+,32+/m0/s1. The smallest absolute Gasteiger partial charge is 0.407 e. The van der Waals surface area contributed by atoms with Crippen LogP contribution >= 0.6 is 11.6 Å². The van der Waals surface area contributed by atoms with E-state index in [1.807, 2.05) is 36.1 Å². The molecule has 0 saturated carbocycles. The molecule has 16 nitrogen and oxygen atoms in total. The molecule has 3 rings (SSSR count). The van der Waals surface area contributed by atoms with E-state index in [2.05, 4.69) is 27.5 Å². The minimum atomic E-state index is -1.51. The van der Waals surface area contributed by atoms with Gasteiger partial charge in [-0.1, -0.05) is 74.2 Å². The predicted octanol–water partition coefficient (Wildman–Crippen LogP) is 2.06. The normalized spacial score (nSPS) is 13.5. The maximum absolute atomic E-state index is 13.0. The first-order valence-corrected chi connectivity index (χ1v) is 18.7. The Balaban J connectivity index is 1.64. The number of nitrogens with zero attached hydrogens (tertiary/aromatic N) is 4. The number of benzene rings is 2. The van der Waals surface area contributed by atoms with Gasteiger partial charge in [-0.3, -0.25) is 14.5 Å². The van der Waals surface area contributed by atoms with Crippen LogP contribution in [-0.4, -0.2) is 127 Å². The summed E-state index contributed by atoms with van der Waals surface area (Å²) in [4.78, 5) is 49.5. The van der Waals surface area contributed by atoms with E-state index in [0.29, 0.717) is 30.6 Å². The maximum Gasteiger partial charge on any atom is 0.407 e. The first kappa shape index (κ1) is 44.8. The summed E-state index contributed by atoms with van der Waals surface area (Å²) in [5.74, 6) is -1.63. The summed E-state index contributed by atoms with van der Waals surface area (Å²) in [6.07, 6.45) is -1.02. The number of carbonyl (C=O) groups is 3. The molecule has 2 aromatic carbocycles. The van der Waals surface area contributed by atoms with E-state index < -0.39 is 36.9 Å². The molecule has 3 aromatic rings. The fourth-order valence-corrected chi connectivity index (χ4v) is 6.13. The summed E-state index contributed by atoms with van der Waals surface area (Å²) in [5, 5.41) is 55.1. The first-order valence-electron chi connectivity index (χ1n) is 18.4. The van der Waals surface area contributed by atoms with E-state index in [0.717, 1.165) is 36.8 Å². The zero-order valence-electron chi connectivity index (χ0n) is 31.4. The fraction of sp³-hybridized carbons (Fsp3) is 0.500. The van der Waals surface area contributed by atoms with Crippen molar-refractivity contribution in [3.05, 3.63) is 81.6 Å². The number of rotatable bonds is 23. The second-order valence-electron chi connectivity index (χ2n) is 13.6. The van der Waals surface area contributed by atoms with Crippen molar-refractivity contribution in [2.24, 2.45) is 5.92 Å². The van der Waals surface area contributed by atoms with Gasteiger partial charge in [0.25, 0.3) is 11.8 Å². The Bertz CT molecular complexity index is 1680. The average Bonchev–Trinajstić information content (AvgIpc) is 3.16. The van der Waals surface area contributed by atoms with E-state index in [9.17, 15) is 34.8 Å². The monoisotopic (exact) mass is 786 g/mol. The lowest BCUT2D eigenvalue weighted by Crippen LogP contribution is -2.47. The third-order valence-corrected chi connectivity index (χ3v) is 9.52. The Morgan fingerprint density at radius 1 is 0.873 bits per heavy atom. The summed E-state index contributed by atoms with van der Waals surface area (Å²) in [5.41, 5.74) is 14.3. The molecule has 0 bridgehead atoms. The molecule has 17 heteroatoms. The van der Waals surface area contributed by atoms with Crippen LogP contribution in [0.2, 0.25) is 5.15 Å². The highest BCUT2D eigenvalue weighted by Gasteiger charge is 2.26. The van der Waals surface area contributed by atoms with Crippen LogP contribution in [0.4, 0.5) is 16.4 Å². The molecular formula is C38H55ClN8O8. The number of aromatic nitrogens is 2. The van der Waals surface area contributed by atoms with Gasteiger partial charge in [-0.2, -0.15) is 0 Å². The predicted molar refractivity (Wildman–Crippen MR) is 209 cm³/mol. The Morgan fingerprint density at radius 2 is 1.58 bits per heavy atom. The SMILES string of the molecule is CCCCCCN(CCNC(=O)c1ccc(CN(C[C@H](CNC(=O)c2nc(Cl)c(N)nc2N)Cc2ccccc2C)C(=O)O)cc1)C[C@H](O)[C@@H](O)[C@H](O)CO. The van der Waals surface area contributed by atoms with Gasteiger partial charge in [0.1, 0.15) is 12.2 Å². The van der Waals surface area contributed by atoms with Crippen molar-refractivity contribution in [1.82, 2.24) is 30.4 Å². The van der Waals surface area contributed by atoms with E-state index in [1.165, 1.54) is 4.90 Å². The molecule has 11 N–H and O–H groups in total. The van der Waals surface area contributed by atoms with E-state index in [1.54, 1.807) is 24.3 Å². The van der Waals surface area contributed by atoms with Crippen LogP contribution in [-0.2, 0) is 13.0 Å². The number of amides is 3. The van der Waals surface area contributed by atoms with Gasteiger partial charge >= 0.3 is 6.09 Å². The second-order valence-corrected chi connectivity index (χ2v) is 14.0. The van der Waals surface area contributed by atoms with Gasteiger partial charge in [0.05, 0.1) is 12.7 Å². The summed E-state index contributed by atoms with van der Waals surface area (Å²) < 4.78 is 0. The molecule has 0 fully saturated rings. The number of nitrogens with one attached hydrogen (secondary N) is 2. The van der Waals surface area contributed by atoms with Gasteiger partial charge in [-0.25, -0.2) is 14.8 Å². The Hall–Kier alpha value is -4.58. The van der Waals surface area contributed by atoms with Gasteiger partial charge in [0, 0.05) is 44.8 Å². The Morgan fingerprint density at radius 3 is 2.24 bits per heavy atom. The molecule has 0 saturated heterocycles. The topological polar surface area (TPSA) is 261 Å². The zero-order chi connectivity index (χ0) is 40.5. The summed E-state index contributed by atoms with van der Waals surface area (Å²) in [6, 6.07) is 14.3. The van der Waals surface area contributed by atoms with Crippen molar-refractivity contribution in [2.75, 3.05) is 57.3 Å². The van der Waals surface area contributed by atoms with Crippen LogP contribution in [0, 0.1) is 12.8 Å². The highest BCUT2D eigenvalue weighted by molar-refractivity contribution is 6.31. The van der Waals surface area contributed by atoms with Crippen molar-refractivity contribution in [3.8, 4) is 0 Å². The van der Waals surface area contributed by atoms with Crippen LogP contribution < -0.4 is 22.1 Å². The molecule has 0 spiro atoms. The summed E-state index contributed by atoms with van der Waals surface area (Å²) in [7, 11) is 0. The third kappa shape index (κ3) is 14.5. The zero-order valence-corrected chi connectivity index (χ0v) is 32.2. The molecule has 0 aliphatic rings. The number of aliphatic hydroxyl groups excluding tert-OH is 4. The van der Waals surface area contributed by atoms with Crippen LogP contribution in [0.15, 0.2) is 48.5 Å². The minimum Gasteiger partial charge on any atom is -0.465 e. The molecule has 302 valence electrons. The molecule has 4 atom stereocenters. The molecule has 1 heterocycles. The molecule has 1 aromatic heterocycles. The molecule has 0 unspecified atom stereocenters. The van der Waals surface area contributed by atoms with Gasteiger partial charge in [0.15, 0.2) is 22.5 Å². The van der Waals surface area contributed by atoms with Crippen molar-refractivity contribution in [2.45, 2.75) is 70.8 Å². The number of aryl methyl sites for hydroxylation is 1. The van der Waals surface area contributed by atoms with E-state index >= 15 is 0 Å². The number of halogens is 1. The van der Waals surface area contributed by atoms with Crippen LogP contribution in [0.1, 0.15) is 70.1 Å². The molecule has 0 radical (unpaired) electrons. The molecule has 0 aliphatic heterocycles. The Kier molecular flexibility index (Phi) is 18.5. The van der Waals surface area contributed by atoms with E-state index in [-0.39, 0.29) is 67.0 Å². The molecule has 0 aliphatic carbocycles. The average molecular weight is 787 g/mol. The molecule has 3 amide bonds. The first-order chi connectivity index (χ1) is 26.2. The number of nitrogen functional groups attached to an aromatic ring is 2. The fourth-order valence-electron chi connectivity index (χ4n) is 6.01. The Labute approximate surface area is 326 Å². The summed E-state index contributed by atoms with van der Waals surface area (Å²) in [6.45, 7) is 4.83. The number of anilines is 2. The lowest BCUT2D eigenvalue weighted by molar-refractivity contribution is -0.0840. The number of aliphatic hydroxyl groups is 4. The highest BCUT2D eigenvalue weighted by atomic mass is 35.5. The van der Waals surface area contributed by atoms with Gasteiger partial charge in [-0.15, -0.1) is 0 Å². The van der Waals surface area contributed by atoms with Gasteiger partial charge in [0.2, 0.25) is 0 Å². The number of hydrogen-bond acceptors (Lipinski definition) is 12. The van der Waals surface area contributed by atoms with Crippen LogP contribution in [0.5, 0.6) is 0 Å². The van der Waals surface area contributed by atoms with Gasteiger partial charge in [-0.05, 0) is 61.1 Å².